The van der Waals surface area contributed by atoms with E-state index in [9.17, 15) is 9.59 Å². The van der Waals surface area contributed by atoms with E-state index in [-0.39, 0.29) is 29.9 Å². The van der Waals surface area contributed by atoms with Gasteiger partial charge in [-0.25, -0.2) is 0 Å². The lowest BCUT2D eigenvalue weighted by molar-refractivity contribution is -0.128. The lowest BCUT2D eigenvalue weighted by Crippen LogP contribution is -2.36. The Labute approximate surface area is 160 Å². The van der Waals surface area contributed by atoms with Crippen molar-refractivity contribution in [3.8, 4) is 0 Å². The summed E-state index contributed by atoms with van der Waals surface area (Å²) in [6.07, 6.45) is 10.0. The maximum Gasteiger partial charge on any atom is 0.246 e. The van der Waals surface area contributed by atoms with Gasteiger partial charge in [-0.3, -0.25) is 9.59 Å². The van der Waals surface area contributed by atoms with Crippen molar-refractivity contribution in [1.29, 1.82) is 0 Å². The Morgan fingerprint density at radius 2 is 1.46 bits per heavy atom. The molecule has 1 rings (SSSR count). The lowest BCUT2D eigenvalue weighted by Gasteiger charge is -2.21. The molecule has 152 valence electrons. The largest absolute Gasteiger partial charge is 0.369 e. The molecule has 0 spiro atoms. The first-order chi connectivity index (χ1) is 12.4. The molecule has 26 heavy (non-hydrogen) atoms. The van der Waals surface area contributed by atoms with Crippen LogP contribution in [-0.2, 0) is 14.3 Å². The highest BCUT2D eigenvalue weighted by Crippen LogP contribution is 2.53. The molecule has 5 heteroatoms. The van der Waals surface area contributed by atoms with Crippen LogP contribution in [0.4, 0.5) is 0 Å². The average Bonchev–Trinajstić information content (AvgIpc) is 3.42. The second kappa shape index (κ2) is 12.3. The summed E-state index contributed by atoms with van der Waals surface area (Å²) in [5.41, 5.74) is -0.0423. The van der Waals surface area contributed by atoms with Crippen LogP contribution in [0.15, 0.2) is 0 Å². The van der Waals surface area contributed by atoms with Gasteiger partial charge in [-0.1, -0.05) is 46.0 Å². The Kier molecular flexibility index (Phi) is 10.9. The van der Waals surface area contributed by atoms with Gasteiger partial charge in [0.15, 0.2) is 0 Å². The monoisotopic (exact) mass is 368 g/mol. The molecule has 0 radical (unpaired) electrons. The number of hydrogen-bond acceptors (Lipinski definition) is 3. The summed E-state index contributed by atoms with van der Waals surface area (Å²) >= 11 is 0. The Morgan fingerprint density at radius 3 is 1.96 bits per heavy atom. The SMILES string of the molecule is CCC(C)C1(C(=O)NCCCCCCCCNC(=O)COC(C)C)CC1. The second-order valence-electron chi connectivity index (χ2n) is 8.05. The summed E-state index contributed by atoms with van der Waals surface area (Å²) < 4.78 is 5.26. The molecule has 0 heterocycles. The van der Waals surface area contributed by atoms with Crippen molar-refractivity contribution < 1.29 is 14.3 Å². The highest BCUT2D eigenvalue weighted by atomic mass is 16.5. The van der Waals surface area contributed by atoms with Gasteiger partial charge in [-0.15, -0.1) is 0 Å². The molecular weight excluding hydrogens is 328 g/mol. The molecule has 0 saturated heterocycles. The Balaban J connectivity index is 1.89. The number of carbonyl (C=O) groups is 2. The third-order valence-electron chi connectivity index (χ3n) is 5.56. The second-order valence-corrected chi connectivity index (χ2v) is 8.05. The van der Waals surface area contributed by atoms with E-state index >= 15 is 0 Å². The molecule has 2 amide bonds. The minimum absolute atomic E-state index is 0.0275. The molecule has 0 aromatic rings. The van der Waals surface area contributed by atoms with E-state index in [0.29, 0.717) is 5.92 Å². The first-order valence-electron chi connectivity index (χ1n) is 10.6. The van der Waals surface area contributed by atoms with Gasteiger partial charge in [-0.2, -0.15) is 0 Å². The summed E-state index contributed by atoms with van der Waals surface area (Å²) in [6, 6.07) is 0. The molecule has 1 saturated carbocycles. The molecule has 5 nitrogen and oxygen atoms in total. The summed E-state index contributed by atoms with van der Waals surface area (Å²) in [4.78, 5) is 23.8. The number of unbranched alkanes of at least 4 members (excludes halogenated alkanes) is 5. The zero-order valence-electron chi connectivity index (χ0n) is 17.4. The molecule has 1 aliphatic rings. The molecule has 1 atom stereocenters. The molecule has 0 aromatic carbocycles. The zero-order valence-corrected chi connectivity index (χ0v) is 17.4. The fraction of sp³-hybridized carbons (Fsp3) is 0.905. The molecule has 1 fully saturated rings. The molecule has 1 aliphatic carbocycles. The maximum absolute atomic E-state index is 12.3. The van der Waals surface area contributed by atoms with Crippen LogP contribution in [0.1, 0.15) is 85.5 Å². The fourth-order valence-corrected chi connectivity index (χ4v) is 3.33. The molecule has 1 unspecified atom stereocenters. The summed E-state index contributed by atoms with van der Waals surface area (Å²) in [5.74, 6) is 0.754. The van der Waals surface area contributed by atoms with Crippen molar-refractivity contribution >= 4 is 11.8 Å². The summed E-state index contributed by atoms with van der Waals surface area (Å²) in [7, 11) is 0. The van der Waals surface area contributed by atoms with Crippen LogP contribution in [0, 0.1) is 11.3 Å². The number of nitrogens with one attached hydrogen (secondary N) is 2. The quantitative estimate of drug-likeness (QED) is 0.432. The number of carbonyl (C=O) groups excluding carboxylic acids is 2. The van der Waals surface area contributed by atoms with Crippen LogP contribution in [0.25, 0.3) is 0 Å². The standard InChI is InChI=1S/C21H40N2O3/c1-5-18(4)21(12-13-21)20(25)23-15-11-9-7-6-8-10-14-22-19(24)16-26-17(2)3/h17-18H,5-16H2,1-4H3,(H,22,24)(H,23,25). The number of rotatable bonds is 15. The number of hydrogen-bond donors (Lipinski definition) is 2. The minimum Gasteiger partial charge on any atom is -0.369 e. The number of amides is 2. The third kappa shape index (κ3) is 8.52. The fourth-order valence-electron chi connectivity index (χ4n) is 3.33. The van der Waals surface area contributed by atoms with E-state index in [1.165, 1.54) is 12.8 Å². The van der Waals surface area contributed by atoms with E-state index in [1.54, 1.807) is 0 Å². The Bertz CT molecular complexity index is 419. The number of ether oxygens (including phenoxy) is 1. The van der Waals surface area contributed by atoms with E-state index in [0.717, 1.165) is 58.0 Å². The molecular formula is C21H40N2O3. The van der Waals surface area contributed by atoms with E-state index in [2.05, 4.69) is 24.5 Å². The molecule has 2 N–H and O–H groups in total. The van der Waals surface area contributed by atoms with Crippen molar-refractivity contribution in [3.63, 3.8) is 0 Å². The van der Waals surface area contributed by atoms with E-state index in [1.807, 2.05) is 13.8 Å². The van der Waals surface area contributed by atoms with Gasteiger partial charge in [0.25, 0.3) is 0 Å². The average molecular weight is 369 g/mol. The van der Waals surface area contributed by atoms with E-state index < -0.39 is 0 Å². The van der Waals surface area contributed by atoms with Crippen molar-refractivity contribution in [2.75, 3.05) is 19.7 Å². The van der Waals surface area contributed by atoms with Gasteiger partial charge < -0.3 is 15.4 Å². The first-order valence-corrected chi connectivity index (χ1v) is 10.6. The summed E-state index contributed by atoms with van der Waals surface area (Å²) in [5, 5.41) is 6.03. The van der Waals surface area contributed by atoms with Crippen molar-refractivity contribution in [2.24, 2.45) is 11.3 Å². The zero-order chi connectivity index (χ0) is 19.4. The van der Waals surface area contributed by atoms with Gasteiger partial charge >= 0.3 is 0 Å². The lowest BCUT2D eigenvalue weighted by atomic mass is 9.87. The topological polar surface area (TPSA) is 67.4 Å². The summed E-state index contributed by atoms with van der Waals surface area (Å²) in [6.45, 7) is 9.91. The smallest absolute Gasteiger partial charge is 0.246 e. The highest BCUT2D eigenvalue weighted by Gasteiger charge is 2.52. The Morgan fingerprint density at radius 1 is 0.923 bits per heavy atom. The van der Waals surface area contributed by atoms with Crippen molar-refractivity contribution in [1.82, 2.24) is 10.6 Å². The first kappa shape index (κ1) is 22.9. The molecule has 0 aromatic heterocycles. The van der Waals surface area contributed by atoms with Crippen LogP contribution in [0.2, 0.25) is 0 Å². The van der Waals surface area contributed by atoms with E-state index in [4.69, 9.17) is 4.74 Å². The minimum atomic E-state index is -0.0423. The van der Waals surface area contributed by atoms with Gasteiger partial charge in [0, 0.05) is 13.1 Å². The van der Waals surface area contributed by atoms with Crippen molar-refractivity contribution in [2.45, 2.75) is 91.6 Å². The van der Waals surface area contributed by atoms with Crippen LogP contribution in [-0.4, -0.2) is 37.6 Å². The molecule has 0 bridgehead atoms. The van der Waals surface area contributed by atoms with Crippen molar-refractivity contribution in [3.05, 3.63) is 0 Å². The van der Waals surface area contributed by atoms with Gasteiger partial charge in [0.1, 0.15) is 6.61 Å². The van der Waals surface area contributed by atoms with Crippen LogP contribution < -0.4 is 10.6 Å². The maximum atomic E-state index is 12.3. The predicted molar refractivity (Wildman–Crippen MR) is 106 cm³/mol. The highest BCUT2D eigenvalue weighted by molar-refractivity contribution is 5.85. The van der Waals surface area contributed by atoms with Gasteiger partial charge in [-0.05, 0) is 45.4 Å². The van der Waals surface area contributed by atoms with Crippen LogP contribution in [0.3, 0.4) is 0 Å². The Hall–Kier alpha value is -1.10. The third-order valence-corrected chi connectivity index (χ3v) is 5.56. The van der Waals surface area contributed by atoms with Crippen LogP contribution in [0.5, 0.6) is 0 Å². The molecule has 0 aliphatic heterocycles. The van der Waals surface area contributed by atoms with Gasteiger partial charge in [0.2, 0.25) is 11.8 Å². The van der Waals surface area contributed by atoms with Crippen LogP contribution >= 0.6 is 0 Å². The predicted octanol–water partition coefficient (Wildman–Crippen LogP) is 3.81. The normalized spacial score (nSPS) is 16.3. The van der Waals surface area contributed by atoms with Gasteiger partial charge in [0.05, 0.1) is 11.5 Å².